The average Bonchev–Trinajstić information content (AvgIpc) is 3.01. The molecule has 3 aromatic carbocycles. The lowest BCUT2D eigenvalue weighted by molar-refractivity contribution is -0.140. The molecule has 0 fully saturated rings. The van der Waals surface area contributed by atoms with Crippen molar-refractivity contribution < 1.29 is 33.3 Å². The lowest BCUT2D eigenvalue weighted by Gasteiger charge is -2.09. The van der Waals surface area contributed by atoms with Crippen molar-refractivity contribution in [1.29, 1.82) is 0 Å². The Hall–Kier alpha value is -4.30. The summed E-state index contributed by atoms with van der Waals surface area (Å²) >= 11 is 1.18. The van der Waals surface area contributed by atoms with Crippen LogP contribution in [0.25, 0.3) is 11.1 Å². The van der Waals surface area contributed by atoms with E-state index >= 15 is 0 Å². The number of benzene rings is 3. The molecule has 7 nitrogen and oxygen atoms in total. The zero-order chi connectivity index (χ0) is 30.2. The minimum atomic E-state index is -0.428. The van der Waals surface area contributed by atoms with Gasteiger partial charge in [0.25, 0.3) is 0 Å². The maximum absolute atomic E-state index is 12.8. The van der Waals surface area contributed by atoms with Crippen LogP contribution in [-0.2, 0) is 19.1 Å². The fourth-order valence-electron chi connectivity index (χ4n) is 3.71. The van der Waals surface area contributed by atoms with Gasteiger partial charge in [0.1, 0.15) is 24.7 Å². The predicted octanol–water partition coefficient (Wildman–Crippen LogP) is 7.45. The summed E-state index contributed by atoms with van der Waals surface area (Å²) in [5.74, 6) is 0.590. The maximum Gasteiger partial charge on any atom is 0.333 e. The molecular formula is C34H36O7S. The lowest BCUT2D eigenvalue weighted by Crippen LogP contribution is -2.12. The largest absolute Gasteiger partial charge is 0.494 e. The van der Waals surface area contributed by atoms with Crippen LogP contribution in [-0.4, -0.2) is 43.5 Å². The molecule has 0 aliphatic carbocycles. The smallest absolute Gasteiger partial charge is 0.333 e. The molecule has 0 aliphatic heterocycles. The SMILES string of the molecule is C=CC(=O)OCCCCCCOc1ccc(C(=O)Sc2ccc(-c3ccc(OCCOC(=O)C(=C)C)cc3)cc2)cc1. The molecule has 0 spiro atoms. The molecule has 0 aliphatic rings. The molecule has 42 heavy (non-hydrogen) atoms. The van der Waals surface area contributed by atoms with E-state index in [0.717, 1.165) is 47.5 Å². The molecule has 220 valence electrons. The van der Waals surface area contributed by atoms with Crippen LogP contribution in [0.5, 0.6) is 11.5 Å². The molecule has 0 N–H and O–H groups in total. The molecule has 0 heterocycles. The van der Waals surface area contributed by atoms with Crippen LogP contribution in [0, 0.1) is 0 Å². The highest BCUT2D eigenvalue weighted by Crippen LogP contribution is 2.28. The maximum atomic E-state index is 12.8. The van der Waals surface area contributed by atoms with Gasteiger partial charge in [0.05, 0.1) is 13.2 Å². The fraction of sp³-hybridized carbons (Fsp3) is 0.265. The highest BCUT2D eigenvalue weighted by molar-refractivity contribution is 8.14. The van der Waals surface area contributed by atoms with E-state index in [1.54, 1.807) is 19.1 Å². The van der Waals surface area contributed by atoms with Gasteiger partial charge in [0.15, 0.2) is 0 Å². The highest BCUT2D eigenvalue weighted by atomic mass is 32.2. The first-order chi connectivity index (χ1) is 20.4. The number of hydrogen-bond acceptors (Lipinski definition) is 8. The van der Waals surface area contributed by atoms with Crippen LogP contribution in [0.1, 0.15) is 43.0 Å². The van der Waals surface area contributed by atoms with Gasteiger partial charge in [-0.1, -0.05) is 37.4 Å². The zero-order valence-corrected chi connectivity index (χ0v) is 24.7. The molecule has 3 rings (SSSR count). The third-order valence-electron chi connectivity index (χ3n) is 5.99. The van der Waals surface area contributed by atoms with Crippen molar-refractivity contribution in [3.05, 3.63) is 103 Å². The summed E-state index contributed by atoms with van der Waals surface area (Å²) in [5.41, 5.74) is 3.00. The third-order valence-corrected chi connectivity index (χ3v) is 6.92. The number of esters is 2. The van der Waals surface area contributed by atoms with Crippen LogP contribution in [0.2, 0.25) is 0 Å². The standard InChI is InChI=1S/C34H36O7S/c1-4-32(35)40-22-8-6-5-7-21-38-29-17-11-28(12-18-29)34(37)42-31-19-13-27(14-20-31)26-9-15-30(16-10-26)39-23-24-41-33(36)25(2)3/h4,9-20H,1-2,5-8,21-24H2,3H3. The molecule has 0 unspecified atom stereocenters. The molecule has 0 amide bonds. The average molecular weight is 589 g/mol. The molecule has 0 saturated carbocycles. The number of unbranched alkanes of at least 4 members (excludes halogenated alkanes) is 3. The Bertz CT molecular complexity index is 1330. The Labute approximate surface area is 251 Å². The van der Waals surface area contributed by atoms with Crippen molar-refractivity contribution in [3.63, 3.8) is 0 Å². The van der Waals surface area contributed by atoms with Gasteiger partial charge >= 0.3 is 11.9 Å². The molecule has 0 bridgehead atoms. The Balaban J connectivity index is 1.38. The zero-order valence-electron chi connectivity index (χ0n) is 23.8. The van der Waals surface area contributed by atoms with Crippen molar-refractivity contribution in [2.45, 2.75) is 37.5 Å². The summed E-state index contributed by atoms with van der Waals surface area (Å²) in [7, 11) is 0. The van der Waals surface area contributed by atoms with Gasteiger partial charge in [0.2, 0.25) is 5.12 Å². The minimum absolute atomic E-state index is 0.0399. The summed E-state index contributed by atoms with van der Waals surface area (Å²) < 4.78 is 21.4. The summed E-state index contributed by atoms with van der Waals surface area (Å²) in [4.78, 5) is 36.0. The quantitative estimate of drug-likeness (QED) is 0.0695. The Morgan fingerprint density at radius 1 is 0.690 bits per heavy atom. The molecule has 3 aromatic rings. The van der Waals surface area contributed by atoms with Crippen LogP contribution in [0.3, 0.4) is 0 Å². The van der Waals surface area contributed by atoms with Gasteiger partial charge in [-0.15, -0.1) is 0 Å². The van der Waals surface area contributed by atoms with Crippen molar-refractivity contribution in [2.24, 2.45) is 0 Å². The fourth-order valence-corrected chi connectivity index (χ4v) is 4.45. The van der Waals surface area contributed by atoms with Gasteiger partial charge in [-0.05, 0) is 104 Å². The van der Waals surface area contributed by atoms with Gasteiger partial charge in [-0.2, -0.15) is 0 Å². The lowest BCUT2D eigenvalue weighted by atomic mass is 10.1. The highest BCUT2D eigenvalue weighted by Gasteiger charge is 2.09. The number of thioether (sulfide) groups is 1. The number of ether oxygens (including phenoxy) is 4. The second kappa shape index (κ2) is 17.5. The van der Waals surface area contributed by atoms with Gasteiger partial charge < -0.3 is 18.9 Å². The van der Waals surface area contributed by atoms with Gasteiger partial charge in [-0.3, -0.25) is 4.79 Å². The van der Waals surface area contributed by atoms with E-state index in [1.807, 2.05) is 60.7 Å². The van der Waals surface area contributed by atoms with Crippen LogP contribution in [0.4, 0.5) is 0 Å². The Morgan fingerprint density at radius 3 is 1.83 bits per heavy atom. The monoisotopic (exact) mass is 588 g/mol. The number of rotatable bonds is 17. The Kier molecular flexibility index (Phi) is 13.4. The predicted molar refractivity (Wildman–Crippen MR) is 165 cm³/mol. The van der Waals surface area contributed by atoms with Crippen LogP contribution >= 0.6 is 11.8 Å². The Morgan fingerprint density at radius 2 is 1.24 bits per heavy atom. The van der Waals surface area contributed by atoms with E-state index in [4.69, 9.17) is 18.9 Å². The first-order valence-corrected chi connectivity index (χ1v) is 14.6. The molecule has 0 atom stereocenters. The second-order valence-corrected chi connectivity index (χ2v) is 10.4. The van der Waals surface area contributed by atoms with E-state index in [1.165, 1.54) is 17.8 Å². The van der Waals surface area contributed by atoms with E-state index in [2.05, 4.69) is 13.2 Å². The summed E-state index contributed by atoms with van der Waals surface area (Å²) in [5, 5.41) is -0.0399. The number of carbonyl (C=O) groups excluding carboxylic acids is 3. The van der Waals surface area contributed by atoms with E-state index in [-0.39, 0.29) is 24.3 Å². The normalized spacial score (nSPS) is 10.4. The van der Waals surface area contributed by atoms with E-state index < -0.39 is 5.97 Å². The first-order valence-electron chi connectivity index (χ1n) is 13.8. The van der Waals surface area contributed by atoms with E-state index in [0.29, 0.717) is 30.1 Å². The second-order valence-electron chi connectivity index (χ2n) is 9.36. The van der Waals surface area contributed by atoms with Crippen molar-refractivity contribution in [2.75, 3.05) is 26.4 Å². The molecule has 0 saturated heterocycles. The molecular weight excluding hydrogens is 552 g/mol. The van der Waals surface area contributed by atoms with Crippen molar-refractivity contribution in [1.82, 2.24) is 0 Å². The minimum Gasteiger partial charge on any atom is -0.494 e. The topological polar surface area (TPSA) is 88.1 Å². The van der Waals surface area contributed by atoms with E-state index in [9.17, 15) is 14.4 Å². The number of carbonyl (C=O) groups is 3. The number of hydrogen-bond donors (Lipinski definition) is 0. The molecule has 0 radical (unpaired) electrons. The summed E-state index contributed by atoms with van der Waals surface area (Å²) in [6.07, 6.45) is 4.82. The van der Waals surface area contributed by atoms with Crippen LogP contribution < -0.4 is 9.47 Å². The van der Waals surface area contributed by atoms with Gasteiger partial charge in [-0.25, -0.2) is 9.59 Å². The van der Waals surface area contributed by atoms with Crippen LogP contribution in [0.15, 0.2) is 102 Å². The molecule has 0 aromatic heterocycles. The summed E-state index contributed by atoms with van der Waals surface area (Å²) in [6.45, 7) is 9.92. The van der Waals surface area contributed by atoms with Gasteiger partial charge in [0, 0.05) is 22.1 Å². The van der Waals surface area contributed by atoms with Crippen molar-refractivity contribution >= 4 is 28.8 Å². The first kappa shape index (κ1) is 32.2. The summed E-state index contributed by atoms with van der Waals surface area (Å²) in [6, 6.07) is 22.6. The molecule has 8 heteroatoms. The van der Waals surface area contributed by atoms with Crippen molar-refractivity contribution in [3.8, 4) is 22.6 Å². The third kappa shape index (κ3) is 11.3.